The quantitative estimate of drug-likeness (QED) is 0.0819. The third kappa shape index (κ3) is 10.3. The molecule has 0 spiro atoms. The van der Waals surface area contributed by atoms with Gasteiger partial charge in [-0.05, 0) is 131 Å². The lowest BCUT2D eigenvalue weighted by Crippen LogP contribution is -2.48. The first-order valence-corrected chi connectivity index (χ1v) is 27.9. The maximum atomic E-state index is 13.8. The maximum Gasteiger partial charge on any atom is 0.407 e. The van der Waals surface area contributed by atoms with Crippen LogP contribution in [0.3, 0.4) is 0 Å². The molecule has 4 atom stereocenters. The second-order valence-electron chi connectivity index (χ2n) is 17.3. The zero-order valence-corrected chi connectivity index (χ0v) is 41.9. The number of imidazole rings is 2. The molecule has 4 heterocycles. The standard InChI is InChI=1S/C50H56N8O6S4/c1-63-49(61)55-39(17-19-65-3)47(59)57-27-67-25-43(57)45-51-37-15-13-33(23-41(37)53-45)35-21-29-5-9-31(35)11-7-30-6-10-32(12-8-29)36(22-30)34-14-16-38-42(24-34)54-46(52-38)44-26-68-28-58(44)48(60)40(18-20-66-4)56-50(62)64-2/h5-6,9-10,13-16,21-24,39-40,43-44H,7-8,11-12,17-20,25-28H2,1-4H3,(H,51,53)(H,52,54)(H,55,61)(H,56,62). The molecule has 6 aromatic rings. The van der Waals surface area contributed by atoms with Crippen molar-refractivity contribution in [2.75, 3.05) is 61.5 Å². The zero-order valence-electron chi connectivity index (χ0n) is 38.6. The van der Waals surface area contributed by atoms with Crippen LogP contribution in [0.15, 0.2) is 72.8 Å². The van der Waals surface area contributed by atoms with E-state index in [0.29, 0.717) is 36.1 Å². The lowest BCUT2D eigenvalue weighted by Gasteiger charge is -2.27. The number of H-pyrrole nitrogens is 2. The van der Waals surface area contributed by atoms with Crippen LogP contribution in [0.4, 0.5) is 9.59 Å². The molecule has 2 saturated heterocycles. The highest BCUT2D eigenvalue weighted by atomic mass is 32.2. The number of nitrogens with zero attached hydrogens (tertiary/aromatic N) is 4. The van der Waals surface area contributed by atoms with Crippen LogP contribution in [0.1, 0.15) is 58.8 Å². The Labute approximate surface area is 413 Å². The predicted octanol–water partition coefficient (Wildman–Crippen LogP) is 8.76. The van der Waals surface area contributed by atoms with Gasteiger partial charge in [0.25, 0.3) is 0 Å². The Hall–Kier alpha value is -5.30. The second kappa shape index (κ2) is 21.6. The van der Waals surface area contributed by atoms with E-state index in [2.05, 4.69) is 93.4 Å². The minimum Gasteiger partial charge on any atom is -0.453 e. The van der Waals surface area contributed by atoms with E-state index in [9.17, 15) is 19.2 Å². The van der Waals surface area contributed by atoms with E-state index < -0.39 is 24.3 Å². The number of aromatic nitrogens is 4. The number of carbonyl (C=O) groups is 4. The van der Waals surface area contributed by atoms with Crippen LogP contribution in [-0.4, -0.2) is 127 Å². The van der Waals surface area contributed by atoms with Crippen molar-refractivity contribution in [3.63, 3.8) is 0 Å². The normalized spacial score (nSPS) is 17.8. The molecule has 14 nitrogen and oxygen atoms in total. The van der Waals surface area contributed by atoms with Crippen LogP contribution < -0.4 is 10.6 Å². The number of alkyl carbamates (subject to hydrolysis) is 2. The van der Waals surface area contributed by atoms with Gasteiger partial charge in [0.15, 0.2) is 0 Å². The van der Waals surface area contributed by atoms with Gasteiger partial charge in [0, 0.05) is 11.5 Å². The Balaban J connectivity index is 0.931. The fourth-order valence-electron chi connectivity index (χ4n) is 9.36. The van der Waals surface area contributed by atoms with Crippen molar-refractivity contribution >= 4 is 93.1 Å². The maximum absolute atomic E-state index is 13.8. The summed E-state index contributed by atoms with van der Waals surface area (Å²) in [6.07, 6.45) is 7.21. The number of fused-ring (bicyclic) bond motifs is 2. The molecule has 4 aliphatic carbocycles. The third-order valence-electron chi connectivity index (χ3n) is 13.1. The Kier molecular flexibility index (Phi) is 15.1. The van der Waals surface area contributed by atoms with Gasteiger partial charge in [-0.2, -0.15) is 23.5 Å². The molecule has 4 bridgehead atoms. The SMILES string of the molecule is COC(=O)NC(CCSC)C(=O)N1CSCC1c1nc2ccc(-c3cc4ccc3CCc3ccc(c(-c5ccc6nc(C7CSCN7C(=O)C(CCSC)NC(=O)OC)[nH]c6c5)c3)CC4)cc2[nH]1. The molecule has 0 saturated carbocycles. The van der Waals surface area contributed by atoms with Crippen LogP contribution >= 0.6 is 47.0 Å². The molecule has 4 amide bonds. The number of amides is 4. The molecule has 2 fully saturated rings. The summed E-state index contributed by atoms with van der Waals surface area (Å²) in [5.74, 6) is 5.15. The first kappa shape index (κ1) is 47.8. The first-order valence-electron chi connectivity index (χ1n) is 22.8. The predicted molar refractivity (Wildman–Crippen MR) is 276 cm³/mol. The fourth-order valence-corrected chi connectivity index (χ4v) is 12.6. The van der Waals surface area contributed by atoms with Gasteiger partial charge < -0.3 is 39.9 Å². The molecule has 356 valence electrons. The Morgan fingerprint density at radius 1 is 0.647 bits per heavy atom. The summed E-state index contributed by atoms with van der Waals surface area (Å²) in [6, 6.07) is 24.8. The highest BCUT2D eigenvalue weighted by Crippen LogP contribution is 2.38. The van der Waals surface area contributed by atoms with Crippen LogP contribution in [0.2, 0.25) is 0 Å². The van der Waals surface area contributed by atoms with Gasteiger partial charge in [0.1, 0.15) is 23.7 Å². The van der Waals surface area contributed by atoms with Crippen molar-refractivity contribution in [3.8, 4) is 22.3 Å². The van der Waals surface area contributed by atoms with Gasteiger partial charge in [-0.3, -0.25) is 9.59 Å². The van der Waals surface area contributed by atoms with Gasteiger partial charge in [0.05, 0.1) is 60.1 Å². The summed E-state index contributed by atoms with van der Waals surface area (Å²) < 4.78 is 9.67. The van der Waals surface area contributed by atoms with Crippen molar-refractivity contribution in [2.24, 2.45) is 0 Å². The Bertz CT molecular complexity index is 2650. The third-order valence-corrected chi connectivity index (χ3v) is 16.4. The number of hydrogen-bond donors (Lipinski definition) is 4. The van der Waals surface area contributed by atoms with Gasteiger partial charge in [-0.1, -0.05) is 48.5 Å². The van der Waals surface area contributed by atoms with E-state index in [-0.39, 0.29) is 23.9 Å². The number of methoxy groups -OCH3 is 2. The molecule has 0 radical (unpaired) electrons. The van der Waals surface area contributed by atoms with Crippen LogP contribution in [0.5, 0.6) is 0 Å². The molecule has 4 unspecified atom stereocenters. The number of hydrogen-bond acceptors (Lipinski definition) is 12. The summed E-state index contributed by atoms with van der Waals surface area (Å²) >= 11 is 6.63. The van der Waals surface area contributed by atoms with Crippen molar-refractivity contribution in [1.29, 1.82) is 0 Å². The summed E-state index contributed by atoms with van der Waals surface area (Å²) in [5, 5.41) is 5.50. The van der Waals surface area contributed by atoms with Gasteiger partial charge >= 0.3 is 12.2 Å². The minimum absolute atomic E-state index is 0.130. The fraction of sp³-hybridized carbons (Fsp3) is 0.400. The molecule has 18 heteroatoms. The highest BCUT2D eigenvalue weighted by molar-refractivity contribution is 7.99. The molecule has 12 rings (SSSR count). The summed E-state index contributed by atoms with van der Waals surface area (Å²) in [4.78, 5) is 72.8. The van der Waals surface area contributed by atoms with Gasteiger partial charge in [0.2, 0.25) is 11.8 Å². The zero-order chi connectivity index (χ0) is 47.3. The average Bonchev–Trinajstić information content (AvgIpc) is 4.20. The lowest BCUT2D eigenvalue weighted by atomic mass is 9.87. The number of aromatic amines is 2. The average molecular weight is 993 g/mol. The minimum atomic E-state index is -0.676. The van der Waals surface area contributed by atoms with Crippen molar-refractivity contribution in [1.82, 2.24) is 40.4 Å². The van der Waals surface area contributed by atoms with Crippen molar-refractivity contribution < 1.29 is 28.7 Å². The molecule has 4 aromatic carbocycles. The molecule has 2 aromatic heterocycles. The van der Waals surface area contributed by atoms with E-state index >= 15 is 0 Å². The monoisotopic (exact) mass is 992 g/mol. The van der Waals surface area contributed by atoms with E-state index in [0.717, 1.165) is 82.0 Å². The van der Waals surface area contributed by atoms with Gasteiger partial charge in [-0.15, -0.1) is 23.5 Å². The molecule has 68 heavy (non-hydrogen) atoms. The van der Waals surface area contributed by atoms with Crippen LogP contribution in [-0.2, 0) is 44.7 Å². The number of benzene rings is 4. The first-order chi connectivity index (χ1) is 33.1. The highest BCUT2D eigenvalue weighted by Gasteiger charge is 2.38. The summed E-state index contributed by atoms with van der Waals surface area (Å²) in [6.45, 7) is 0. The number of thioether (sulfide) groups is 4. The summed E-state index contributed by atoms with van der Waals surface area (Å²) in [7, 11) is 2.62. The largest absolute Gasteiger partial charge is 0.453 e. The topological polar surface area (TPSA) is 175 Å². The second-order valence-corrected chi connectivity index (χ2v) is 21.2. The summed E-state index contributed by atoms with van der Waals surface area (Å²) in [5.41, 5.74) is 13.3. The number of aryl methyl sites for hydroxylation is 4. The van der Waals surface area contributed by atoms with E-state index in [4.69, 9.17) is 19.4 Å². The molecule has 6 aliphatic rings. The molecular weight excluding hydrogens is 937 g/mol. The molecule has 4 N–H and O–H groups in total. The lowest BCUT2D eigenvalue weighted by molar-refractivity contribution is -0.134. The number of ether oxygens (including phenoxy) is 2. The van der Waals surface area contributed by atoms with E-state index in [1.807, 2.05) is 22.3 Å². The van der Waals surface area contributed by atoms with Crippen LogP contribution in [0.25, 0.3) is 44.3 Å². The van der Waals surface area contributed by atoms with Crippen molar-refractivity contribution in [3.05, 3.63) is 107 Å². The number of carbonyl (C=O) groups excluding carboxylic acids is 4. The van der Waals surface area contributed by atoms with E-state index in [1.54, 1.807) is 47.0 Å². The molecular formula is C50H56N8O6S4. The number of nitrogens with one attached hydrogen (secondary N) is 4. The Morgan fingerprint density at radius 2 is 1.09 bits per heavy atom. The van der Waals surface area contributed by atoms with Gasteiger partial charge in [-0.25, -0.2) is 19.6 Å². The van der Waals surface area contributed by atoms with Crippen LogP contribution in [0, 0.1) is 0 Å². The van der Waals surface area contributed by atoms with E-state index in [1.165, 1.54) is 47.6 Å². The smallest absolute Gasteiger partial charge is 0.407 e. The number of rotatable bonds is 14. The Morgan fingerprint density at radius 3 is 1.50 bits per heavy atom. The van der Waals surface area contributed by atoms with Crippen molar-refractivity contribution in [2.45, 2.75) is 62.7 Å². The molecule has 2 aliphatic heterocycles.